The van der Waals surface area contributed by atoms with Crippen molar-refractivity contribution in [1.29, 1.82) is 0 Å². The van der Waals surface area contributed by atoms with E-state index < -0.39 is 0 Å². The van der Waals surface area contributed by atoms with Crippen LogP contribution in [0.4, 0.5) is 0 Å². The first-order valence-corrected chi connectivity index (χ1v) is 6.16. The van der Waals surface area contributed by atoms with Crippen LogP contribution in [0.15, 0.2) is 0 Å². The average molecular weight is 196 g/mol. The van der Waals surface area contributed by atoms with Crippen LogP contribution in [0.1, 0.15) is 39.5 Å². The fourth-order valence-electron chi connectivity index (χ4n) is 2.95. The first kappa shape index (κ1) is 10.4. The summed E-state index contributed by atoms with van der Waals surface area (Å²) in [5, 5.41) is 7.21. The van der Waals surface area contributed by atoms with Gasteiger partial charge in [0.1, 0.15) is 0 Å². The van der Waals surface area contributed by atoms with Gasteiger partial charge in [-0.1, -0.05) is 13.8 Å². The van der Waals surface area contributed by atoms with E-state index in [1.54, 1.807) is 0 Å². The molecule has 0 aromatic heterocycles. The molecule has 0 radical (unpaired) electrons. The highest BCUT2D eigenvalue weighted by Crippen LogP contribution is 2.37. The standard InChI is InChI=1S/C12H24N2/c1-10(2)11-3-4-12(9-14-11)5-7-13-8-6-12/h10-11,13-14H,3-9H2,1-2H3. The molecule has 2 rings (SSSR count). The van der Waals surface area contributed by atoms with Gasteiger partial charge in [0.05, 0.1) is 0 Å². The van der Waals surface area contributed by atoms with Crippen LogP contribution in [0.25, 0.3) is 0 Å². The van der Waals surface area contributed by atoms with Gasteiger partial charge in [-0.25, -0.2) is 0 Å². The van der Waals surface area contributed by atoms with Crippen LogP contribution in [-0.4, -0.2) is 25.7 Å². The van der Waals surface area contributed by atoms with E-state index in [0.29, 0.717) is 5.41 Å². The smallest absolute Gasteiger partial charge is 0.00905 e. The Hall–Kier alpha value is -0.0800. The van der Waals surface area contributed by atoms with Crippen molar-refractivity contribution in [2.24, 2.45) is 11.3 Å². The Kier molecular flexibility index (Phi) is 3.13. The molecule has 2 N–H and O–H groups in total. The largest absolute Gasteiger partial charge is 0.317 e. The van der Waals surface area contributed by atoms with E-state index in [2.05, 4.69) is 24.5 Å². The van der Waals surface area contributed by atoms with Gasteiger partial charge in [0.25, 0.3) is 0 Å². The van der Waals surface area contributed by atoms with Crippen LogP contribution in [0.5, 0.6) is 0 Å². The topological polar surface area (TPSA) is 24.1 Å². The van der Waals surface area contributed by atoms with Crippen molar-refractivity contribution in [3.63, 3.8) is 0 Å². The molecule has 0 bridgehead atoms. The van der Waals surface area contributed by atoms with Gasteiger partial charge in [-0.05, 0) is 50.1 Å². The van der Waals surface area contributed by atoms with E-state index in [1.807, 2.05) is 0 Å². The summed E-state index contributed by atoms with van der Waals surface area (Å²) in [6.45, 7) is 8.38. The maximum absolute atomic E-state index is 3.75. The quantitative estimate of drug-likeness (QED) is 0.668. The predicted molar refractivity (Wildman–Crippen MR) is 60.4 cm³/mol. The maximum Gasteiger partial charge on any atom is 0.00905 e. The maximum atomic E-state index is 3.75. The molecule has 2 saturated heterocycles. The zero-order valence-electron chi connectivity index (χ0n) is 9.60. The van der Waals surface area contributed by atoms with Crippen molar-refractivity contribution in [2.75, 3.05) is 19.6 Å². The van der Waals surface area contributed by atoms with Crippen LogP contribution in [0.3, 0.4) is 0 Å². The van der Waals surface area contributed by atoms with E-state index >= 15 is 0 Å². The monoisotopic (exact) mass is 196 g/mol. The fraction of sp³-hybridized carbons (Fsp3) is 1.00. The van der Waals surface area contributed by atoms with E-state index in [-0.39, 0.29) is 0 Å². The summed E-state index contributed by atoms with van der Waals surface area (Å²) in [6.07, 6.45) is 5.60. The van der Waals surface area contributed by atoms with Crippen molar-refractivity contribution >= 4 is 0 Å². The highest BCUT2D eigenvalue weighted by atomic mass is 15.0. The van der Waals surface area contributed by atoms with Gasteiger partial charge < -0.3 is 10.6 Å². The zero-order valence-corrected chi connectivity index (χ0v) is 9.60. The van der Waals surface area contributed by atoms with Gasteiger partial charge in [-0.15, -0.1) is 0 Å². The van der Waals surface area contributed by atoms with Crippen molar-refractivity contribution in [2.45, 2.75) is 45.6 Å². The Labute approximate surface area is 87.8 Å². The summed E-state index contributed by atoms with van der Waals surface area (Å²) in [4.78, 5) is 0. The van der Waals surface area contributed by atoms with Crippen LogP contribution in [0, 0.1) is 11.3 Å². The number of nitrogens with one attached hydrogen (secondary N) is 2. The molecule has 2 heteroatoms. The van der Waals surface area contributed by atoms with E-state index in [1.165, 1.54) is 45.3 Å². The molecule has 0 aliphatic carbocycles. The molecule has 0 amide bonds. The lowest BCUT2D eigenvalue weighted by atomic mass is 9.71. The number of hydrogen-bond donors (Lipinski definition) is 2. The third-order valence-electron chi connectivity index (χ3n) is 4.19. The van der Waals surface area contributed by atoms with Crippen molar-refractivity contribution in [1.82, 2.24) is 10.6 Å². The summed E-state index contributed by atoms with van der Waals surface area (Å²) in [5.74, 6) is 0.800. The first-order chi connectivity index (χ1) is 6.72. The Bertz CT molecular complexity index is 173. The highest BCUT2D eigenvalue weighted by Gasteiger charge is 2.36. The Morgan fingerprint density at radius 2 is 1.86 bits per heavy atom. The molecular formula is C12H24N2. The molecule has 0 saturated carbocycles. The summed E-state index contributed by atoms with van der Waals surface area (Å²) in [7, 11) is 0. The van der Waals surface area contributed by atoms with Gasteiger partial charge in [0.15, 0.2) is 0 Å². The summed E-state index contributed by atoms with van der Waals surface area (Å²) < 4.78 is 0. The molecule has 1 unspecified atom stereocenters. The molecule has 0 aromatic carbocycles. The van der Waals surface area contributed by atoms with Crippen LogP contribution >= 0.6 is 0 Å². The van der Waals surface area contributed by atoms with Gasteiger partial charge in [-0.2, -0.15) is 0 Å². The van der Waals surface area contributed by atoms with Crippen molar-refractivity contribution in [3.8, 4) is 0 Å². The number of hydrogen-bond acceptors (Lipinski definition) is 2. The first-order valence-electron chi connectivity index (χ1n) is 6.16. The molecule has 14 heavy (non-hydrogen) atoms. The lowest BCUT2D eigenvalue weighted by Gasteiger charge is -2.44. The third-order valence-corrected chi connectivity index (χ3v) is 4.19. The molecule has 2 fully saturated rings. The zero-order chi connectivity index (χ0) is 10.0. The SMILES string of the molecule is CC(C)C1CCC2(CCNCC2)CN1. The number of piperidine rings is 2. The predicted octanol–water partition coefficient (Wildman–Crippen LogP) is 1.76. The molecular weight excluding hydrogens is 172 g/mol. The van der Waals surface area contributed by atoms with Crippen molar-refractivity contribution < 1.29 is 0 Å². The molecule has 2 aliphatic heterocycles. The molecule has 2 heterocycles. The minimum atomic E-state index is 0.649. The lowest BCUT2D eigenvalue weighted by molar-refractivity contribution is 0.116. The molecule has 1 atom stereocenters. The summed E-state index contributed by atoms with van der Waals surface area (Å²) >= 11 is 0. The minimum absolute atomic E-state index is 0.649. The second-order valence-electron chi connectivity index (χ2n) is 5.52. The summed E-state index contributed by atoms with van der Waals surface area (Å²) in [5.41, 5.74) is 0.649. The van der Waals surface area contributed by atoms with E-state index in [4.69, 9.17) is 0 Å². The van der Waals surface area contributed by atoms with E-state index in [9.17, 15) is 0 Å². The second kappa shape index (κ2) is 4.19. The number of rotatable bonds is 1. The van der Waals surface area contributed by atoms with Gasteiger partial charge in [0.2, 0.25) is 0 Å². The fourth-order valence-corrected chi connectivity index (χ4v) is 2.95. The van der Waals surface area contributed by atoms with Crippen LogP contribution < -0.4 is 10.6 Å². The molecule has 82 valence electrons. The van der Waals surface area contributed by atoms with E-state index in [0.717, 1.165) is 12.0 Å². The lowest BCUT2D eigenvalue weighted by Crippen LogP contribution is -2.51. The Morgan fingerprint density at radius 1 is 1.14 bits per heavy atom. The molecule has 0 aromatic rings. The van der Waals surface area contributed by atoms with Crippen LogP contribution in [0.2, 0.25) is 0 Å². The van der Waals surface area contributed by atoms with Gasteiger partial charge >= 0.3 is 0 Å². The Balaban J connectivity index is 1.87. The van der Waals surface area contributed by atoms with Gasteiger partial charge in [-0.3, -0.25) is 0 Å². The molecule has 2 aliphatic rings. The second-order valence-corrected chi connectivity index (χ2v) is 5.52. The summed E-state index contributed by atoms with van der Waals surface area (Å²) in [6, 6.07) is 0.774. The highest BCUT2D eigenvalue weighted by molar-refractivity contribution is 4.92. The third kappa shape index (κ3) is 2.12. The van der Waals surface area contributed by atoms with Gasteiger partial charge in [0, 0.05) is 12.6 Å². The van der Waals surface area contributed by atoms with Crippen LogP contribution in [-0.2, 0) is 0 Å². The normalized spacial score (nSPS) is 32.4. The molecule has 1 spiro atoms. The minimum Gasteiger partial charge on any atom is -0.317 e. The van der Waals surface area contributed by atoms with Crippen molar-refractivity contribution in [3.05, 3.63) is 0 Å². The average Bonchev–Trinajstić information content (AvgIpc) is 2.19. The Morgan fingerprint density at radius 3 is 2.36 bits per heavy atom. The molecule has 2 nitrogen and oxygen atoms in total.